The monoisotopic (exact) mass is 425 g/mol. The van der Waals surface area contributed by atoms with Crippen LogP contribution in [0.5, 0.6) is 0 Å². The molecule has 1 atom stereocenters. The smallest absolute Gasteiger partial charge is 0.194 e. The second-order valence-electron chi connectivity index (χ2n) is 5.13. The highest BCUT2D eigenvalue weighted by molar-refractivity contribution is 14.0. The predicted octanol–water partition coefficient (Wildman–Crippen LogP) is 2.16. The molecule has 1 aliphatic heterocycles. The average Bonchev–Trinajstić information content (AvgIpc) is 3.06. The Hall–Kier alpha value is -0.410. The normalized spacial score (nSPS) is 22.0. The van der Waals surface area contributed by atoms with E-state index in [0.29, 0.717) is 13.1 Å². The fraction of sp³-hybridized carbons (Fsp3) is 0.643. The van der Waals surface area contributed by atoms with E-state index >= 15 is 0 Å². The SMILES string of the molecule is CCNC(=NCC1(O)CCSC1)N(C)Cc1ccco1.I. The Bertz CT molecular complexity index is 433. The summed E-state index contributed by atoms with van der Waals surface area (Å²) in [6.45, 7) is 3.95. The summed E-state index contributed by atoms with van der Waals surface area (Å²) in [5.41, 5.74) is -0.642. The molecule has 0 radical (unpaired) electrons. The van der Waals surface area contributed by atoms with Crippen LogP contribution in [0.2, 0.25) is 0 Å². The van der Waals surface area contributed by atoms with Crippen molar-refractivity contribution < 1.29 is 9.52 Å². The molecule has 2 heterocycles. The van der Waals surface area contributed by atoms with Gasteiger partial charge in [-0.25, -0.2) is 0 Å². The van der Waals surface area contributed by atoms with E-state index < -0.39 is 5.60 Å². The van der Waals surface area contributed by atoms with Gasteiger partial charge in [-0.2, -0.15) is 11.8 Å². The zero-order valence-corrected chi connectivity index (χ0v) is 15.7. The van der Waals surface area contributed by atoms with Crippen LogP contribution in [0.25, 0.3) is 0 Å². The number of hydrogen-bond acceptors (Lipinski definition) is 4. The van der Waals surface area contributed by atoms with Gasteiger partial charge in [0.05, 0.1) is 25.0 Å². The van der Waals surface area contributed by atoms with Gasteiger partial charge < -0.3 is 19.7 Å². The fourth-order valence-corrected chi connectivity index (χ4v) is 3.41. The fourth-order valence-electron chi connectivity index (χ4n) is 2.12. The maximum atomic E-state index is 10.4. The number of hydrogen-bond donors (Lipinski definition) is 2. The van der Waals surface area contributed by atoms with E-state index in [9.17, 15) is 5.11 Å². The molecule has 0 aromatic carbocycles. The van der Waals surface area contributed by atoms with E-state index in [1.165, 1.54) is 0 Å². The molecular weight excluding hydrogens is 401 g/mol. The third-order valence-electron chi connectivity index (χ3n) is 3.28. The number of nitrogens with zero attached hydrogens (tertiary/aromatic N) is 2. The summed E-state index contributed by atoms with van der Waals surface area (Å²) >= 11 is 1.79. The number of nitrogens with one attached hydrogen (secondary N) is 1. The summed E-state index contributed by atoms with van der Waals surface area (Å²) < 4.78 is 5.35. The second-order valence-corrected chi connectivity index (χ2v) is 6.24. The van der Waals surface area contributed by atoms with E-state index in [1.807, 2.05) is 31.0 Å². The minimum Gasteiger partial charge on any atom is -0.467 e. The van der Waals surface area contributed by atoms with Crippen molar-refractivity contribution in [3.63, 3.8) is 0 Å². The Balaban J connectivity index is 0.00000220. The minimum absolute atomic E-state index is 0. The van der Waals surface area contributed by atoms with E-state index in [0.717, 1.165) is 36.2 Å². The molecule has 120 valence electrons. The molecule has 1 unspecified atom stereocenters. The third kappa shape index (κ3) is 5.71. The molecule has 0 saturated carbocycles. The molecule has 1 saturated heterocycles. The Kier molecular flexibility index (Phi) is 7.89. The van der Waals surface area contributed by atoms with Crippen molar-refractivity contribution in [1.29, 1.82) is 0 Å². The maximum absolute atomic E-state index is 10.4. The molecule has 2 N–H and O–H groups in total. The molecule has 0 amide bonds. The highest BCUT2D eigenvalue weighted by Crippen LogP contribution is 2.27. The maximum Gasteiger partial charge on any atom is 0.194 e. The van der Waals surface area contributed by atoms with Gasteiger partial charge >= 0.3 is 0 Å². The van der Waals surface area contributed by atoms with Crippen molar-refractivity contribution >= 4 is 41.7 Å². The molecular formula is C14H24IN3O2S. The lowest BCUT2D eigenvalue weighted by atomic mass is 10.1. The standard InChI is InChI=1S/C14H23N3O2S.HI/c1-3-15-13(16-10-14(18)6-8-20-11-14)17(2)9-12-5-4-7-19-12;/h4-5,7,18H,3,6,8-11H2,1-2H3,(H,15,16);1H. The average molecular weight is 425 g/mol. The summed E-state index contributed by atoms with van der Waals surface area (Å²) in [6, 6.07) is 3.83. The predicted molar refractivity (Wildman–Crippen MR) is 98.5 cm³/mol. The molecule has 2 rings (SSSR count). The first-order valence-electron chi connectivity index (χ1n) is 6.95. The number of halogens is 1. The molecule has 0 bridgehead atoms. The quantitative estimate of drug-likeness (QED) is 0.430. The number of guanidine groups is 1. The highest BCUT2D eigenvalue weighted by atomic mass is 127. The summed E-state index contributed by atoms with van der Waals surface area (Å²) in [4.78, 5) is 6.58. The molecule has 1 aromatic rings. The van der Waals surface area contributed by atoms with Gasteiger partial charge in [-0.1, -0.05) is 0 Å². The van der Waals surface area contributed by atoms with Crippen LogP contribution in [-0.4, -0.2) is 53.2 Å². The zero-order chi connectivity index (χ0) is 14.4. The van der Waals surface area contributed by atoms with E-state index in [4.69, 9.17) is 4.42 Å². The van der Waals surface area contributed by atoms with Gasteiger partial charge in [0, 0.05) is 19.3 Å². The molecule has 5 nitrogen and oxygen atoms in total. The first kappa shape index (κ1) is 18.6. The van der Waals surface area contributed by atoms with Crippen LogP contribution in [-0.2, 0) is 6.54 Å². The van der Waals surface area contributed by atoms with Gasteiger partial charge in [-0.3, -0.25) is 4.99 Å². The lowest BCUT2D eigenvalue weighted by Crippen LogP contribution is -2.40. The van der Waals surface area contributed by atoms with Gasteiger partial charge in [0.25, 0.3) is 0 Å². The molecule has 21 heavy (non-hydrogen) atoms. The lowest BCUT2D eigenvalue weighted by molar-refractivity contribution is 0.0776. The van der Waals surface area contributed by atoms with Crippen molar-refractivity contribution in [3.8, 4) is 0 Å². The second kappa shape index (κ2) is 8.89. The van der Waals surface area contributed by atoms with Crippen LogP contribution in [0.1, 0.15) is 19.1 Å². The number of aliphatic imine (C=N–C) groups is 1. The Morgan fingerprint density at radius 1 is 1.62 bits per heavy atom. The number of rotatable bonds is 5. The summed E-state index contributed by atoms with van der Waals surface area (Å²) in [7, 11) is 1.97. The highest BCUT2D eigenvalue weighted by Gasteiger charge is 2.31. The first-order valence-corrected chi connectivity index (χ1v) is 8.10. The number of furan rings is 1. The van der Waals surface area contributed by atoms with Gasteiger partial charge in [0.15, 0.2) is 5.96 Å². The van der Waals surface area contributed by atoms with Crippen molar-refractivity contribution in [2.75, 3.05) is 31.6 Å². The molecule has 1 aromatic heterocycles. The zero-order valence-electron chi connectivity index (χ0n) is 12.5. The molecule has 1 fully saturated rings. The van der Waals surface area contributed by atoms with Crippen LogP contribution >= 0.6 is 35.7 Å². The largest absolute Gasteiger partial charge is 0.467 e. The molecule has 7 heteroatoms. The number of thioether (sulfide) groups is 1. The molecule has 0 spiro atoms. The van der Waals surface area contributed by atoms with Gasteiger partial charge in [-0.15, -0.1) is 24.0 Å². The molecule has 0 aliphatic carbocycles. The van der Waals surface area contributed by atoms with Crippen LogP contribution in [0, 0.1) is 0 Å². The van der Waals surface area contributed by atoms with Gasteiger partial charge in [0.2, 0.25) is 0 Å². The summed E-state index contributed by atoms with van der Waals surface area (Å²) in [5.74, 6) is 3.49. The van der Waals surface area contributed by atoms with E-state index in [1.54, 1.807) is 18.0 Å². The van der Waals surface area contributed by atoms with Crippen LogP contribution in [0.3, 0.4) is 0 Å². The Morgan fingerprint density at radius 2 is 2.43 bits per heavy atom. The van der Waals surface area contributed by atoms with Gasteiger partial charge in [-0.05, 0) is 31.2 Å². The van der Waals surface area contributed by atoms with Gasteiger partial charge in [0.1, 0.15) is 5.76 Å². The molecule has 1 aliphatic rings. The number of aliphatic hydroxyl groups is 1. The summed E-state index contributed by atoms with van der Waals surface area (Å²) in [6.07, 6.45) is 2.49. The Morgan fingerprint density at radius 3 is 3.00 bits per heavy atom. The van der Waals surface area contributed by atoms with E-state index in [-0.39, 0.29) is 24.0 Å². The van der Waals surface area contributed by atoms with Crippen molar-refractivity contribution in [2.45, 2.75) is 25.5 Å². The Labute approximate surface area is 147 Å². The lowest BCUT2D eigenvalue weighted by Gasteiger charge is -2.24. The van der Waals surface area contributed by atoms with Crippen molar-refractivity contribution in [1.82, 2.24) is 10.2 Å². The van der Waals surface area contributed by atoms with Crippen molar-refractivity contribution in [2.24, 2.45) is 4.99 Å². The topological polar surface area (TPSA) is 61.0 Å². The van der Waals surface area contributed by atoms with Crippen LogP contribution < -0.4 is 5.32 Å². The van der Waals surface area contributed by atoms with Crippen molar-refractivity contribution in [3.05, 3.63) is 24.2 Å². The minimum atomic E-state index is -0.642. The van der Waals surface area contributed by atoms with Crippen LogP contribution in [0.4, 0.5) is 0 Å². The first-order chi connectivity index (χ1) is 9.63. The summed E-state index contributed by atoms with van der Waals surface area (Å²) in [5, 5.41) is 13.6. The third-order valence-corrected chi connectivity index (χ3v) is 4.51. The van der Waals surface area contributed by atoms with E-state index in [2.05, 4.69) is 10.3 Å². The van der Waals surface area contributed by atoms with Crippen LogP contribution in [0.15, 0.2) is 27.8 Å².